The molecule has 78 valence electrons. The Kier molecular flexibility index (Phi) is 2.54. The maximum Gasteiger partial charge on any atom is 0.233 e. The molecule has 0 radical (unpaired) electrons. The molecular weight excluding hydrogens is 178 g/mol. The number of likely N-dealkylation sites (tertiary alicyclic amines) is 1. The standard InChI is InChI=1S/C10H17N3O/c1-7(2)13-6-4-5-9(13)10-12-11-8(3)14-10/h7,9H,4-6H2,1-3H3/t9-/m1/s1. The topological polar surface area (TPSA) is 42.2 Å². The highest BCUT2D eigenvalue weighted by Crippen LogP contribution is 2.32. The monoisotopic (exact) mass is 195 g/mol. The predicted octanol–water partition coefficient (Wildman–Crippen LogP) is 1.92. The van der Waals surface area contributed by atoms with Crippen LogP contribution in [0.25, 0.3) is 0 Å². The van der Waals surface area contributed by atoms with Gasteiger partial charge in [-0.2, -0.15) is 0 Å². The zero-order chi connectivity index (χ0) is 10.1. The Labute approximate surface area is 84.3 Å². The highest BCUT2D eigenvalue weighted by atomic mass is 16.4. The van der Waals surface area contributed by atoms with Gasteiger partial charge in [-0.3, -0.25) is 4.90 Å². The van der Waals surface area contributed by atoms with E-state index < -0.39 is 0 Å². The number of aryl methyl sites for hydroxylation is 1. The highest BCUT2D eigenvalue weighted by Gasteiger charge is 2.31. The minimum atomic E-state index is 0.344. The first-order valence-corrected chi connectivity index (χ1v) is 5.24. The molecule has 2 rings (SSSR count). The van der Waals surface area contributed by atoms with Crippen molar-refractivity contribution in [1.82, 2.24) is 15.1 Å². The number of aromatic nitrogens is 2. The maximum absolute atomic E-state index is 5.48. The Morgan fingerprint density at radius 2 is 2.21 bits per heavy atom. The predicted molar refractivity (Wildman–Crippen MR) is 52.9 cm³/mol. The number of hydrogen-bond acceptors (Lipinski definition) is 4. The second-order valence-corrected chi connectivity index (χ2v) is 4.15. The first kappa shape index (κ1) is 9.65. The van der Waals surface area contributed by atoms with Gasteiger partial charge in [-0.05, 0) is 33.2 Å². The summed E-state index contributed by atoms with van der Waals surface area (Å²) < 4.78 is 5.48. The second-order valence-electron chi connectivity index (χ2n) is 4.15. The van der Waals surface area contributed by atoms with Gasteiger partial charge in [-0.1, -0.05) is 0 Å². The molecule has 14 heavy (non-hydrogen) atoms. The Hall–Kier alpha value is -0.900. The summed E-state index contributed by atoms with van der Waals surface area (Å²) in [7, 11) is 0. The van der Waals surface area contributed by atoms with E-state index in [0.717, 1.165) is 18.9 Å². The Bertz CT molecular complexity index is 308. The van der Waals surface area contributed by atoms with Crippen molar-refractivity contribution in [2.24, 2.45) is 0 Å². The number of hydrogen-bond donors (Lipinski definition) is 0. The molecule has 4 heteroatoms. The lowest BCUT2D eigenvalue weighted by atomic mass is 10.2. The number of rotatable bonds is 2. The molecule has 1 saturated heterocycles. The molecule has 0 N–H and O–H groups in total. The van der Waals surface area contributed by atoms with Crippen molar-refractivity contribution in [3.63, 3.8) is 0 Å². The summed E-state index contributed by atoms with van der Waals surface area (Å²) in [4.78, 5) is 2.42. The third-order valence-corrected chi connectivity index (χ3v) is 2.78. The number of nitrogens with zero attached hydrogens (tertiary/aromatic N) is 3. The van der Waals surface area contributed by atoms with Gasteiger partial charge in [0.25, 0.3) is 0 Å². The van der Waals surface area contributed by atoms with Crippen molar-refractivity contribution in [2.75, 3.05) is 6.54 Å². The molecule has 0 amide bonds. The Balaban J connectivity index is 2.17. The summed E-state index contributed by atoms with van der Waals surface area (Å²) in [5, 5.41) is 7.98. The molecule has 0 bridgehead atoms. The van der Waals surface area contributed by atoms with E-state index in [1.54, 1.807) is 0 Å². The van der Waals surface area contributed by atoms with Crippen molar-refractivity contribution < 1.29 is 4.42 Å². The molecule has 1 aromatic rings. The molecule has 1 fully saturated rings. The maximum atomic E-state index is 5.48. The molecule has 0 spiro atoms. The first-order valence-electron chi connectivity index (χ1n) is 5.24. The third-order valence-electron chi connectivity index (χ3n) is 2.78. The van der Waals surface area contributed by atoms with Crippen LogP contribution >= 0.6 is 0 Å². The summed E-state index contributed by atoms with van der Waals surface area (Å²) in [6.45, 7) is 7.40. The lowest BCUT2D eigenvalue weighted by molar-refractivity contribution is 0.178. The van der Waals surface area contributed by atoms with Gasteiger partial charge in [0.2, 0.25) is 11.8 Å². The molecule has 0 saturated carbocycles. The van der Waals surface area contributed by atoms with Crippen LogP contribution in [0.1, 0.15) is 44.5 Å². The van der Waals surface area contributed by atoms with Crippen LogP contribution in [0.5, 0.6) is 0 Å². The quantitative estimate of drug-likeness (QED) is 0.723. The van der Waals surface area contributed by atoms with Crippen molar-refractivity contribution in [2.45, 2.75) is 45.7 Å². The molecule has 1 aliphatic heterocycles. The van der Waals surface area contributed by atoms with Crippen molar-refractivity contribution in [3.8, 4) is 0 Å². The van der Waals surface area contributed by atoms with Gasteiger partial charge in [0.15, 0.2) is 0 Å². The fraction of sp³-hybridized carbons (Fsp3) is 0.800. The molecule has 0 aromatic carbocycles. The van der Waals surface area contributed by atoms with Gasteiger partial charge in [0, 0.05) is 13.0 Å². The fourth-order valence-electron chi connectivity index (χ4n) is 2.12. The molecule has 1 aromatic heterocycles. The summed E-state index contributed by atoms with van der Waals surface area (Å²) in [6, 6.07) is 0.894. The lowest BCUT2D eigenvalue weighted by Crippen LogP contribution is -2.30. The zero-order valence-electron chi connectivity index (χ0n) is 9.03. The molecule has 4 nitrogen and oxygen atoms in total. The summed E-state index contributed by atoms with van der Waals surface area (Å²) in [6.07, 6.45) is 2.37. The van der Waals surface area contributed by atoms with Crippen LogP contribution in [-0.4, -0.2) is 27.7 Å². The smallest absolute Gasteiger partial charge is 0.233 e. The normalized spacial score (nSPS) is 23.6. The van der Waals surface area contributed by atoms with Crippen LogP contribution in [-0.2, 0) is 0 Å². The van der Waals surface area contributed by atoms with E-state index in [-0.39, 0.29) is 0 Å². The van der Waals surface area contributed by atoms with E-state index in [2.05, 4.69) is 28.9 Å². The van der Waals surface area contributed by atoms with Crippen molar-refractivity contribution in [3.05, 3.63) is 11.8 Å². The zero-order valence-corrected chi connectivity index (χ0v) is 9.03. The second kappa shape index (κ2) is 3.69. The van der Waals surface area contributed by atoms with E-state index in [1.807, 2.05) is 6.92 Å². The van der Waals surface area contributed by atoms with Gasteiger partial charge >= 0.3 is 0 Å². The van der Waals surface area contributed by atoms with Crippen LogP contribution in [0.3, 0.4) is 0 Å². The van der Waals surface area contributed by atoms with E-state index >= 15 is 0 Å². The summed E-state index contributed by atoms with van der Waals surface area (Å²) in [5.74, 6) is 1.45. The lowest BCUT2D eigenvalue weighted by Gasteiger charge is -2.25. The highest BCUT2D eigenvalue weighted by molar-refractivity contribution is 4.95. The minimum Gasteiger partial charge on any atom is -0.424 e. The Morgan fingerprint density at radius 1 is 1.43 bits per heavy atom. The SMILES string of the molecule is Cc1nnc([C@H]2CCCN2C(C)C)o1. The van der Waals surface area contributed by atoms with Crippen LogP contribution in [0.4, 0.5) is 0 Å². The van der Waals surface area contributed by atoms with Crippen LogP contribution in [0.15, 0.2) is 4.42 Å². The van der Waals surface area contributed by atoms with Gasteiger partial charge in [0.05, 0.1) is 6.04 Å². The third kappa shape index (κ3) is 1.66. The van der Waals surface area contributed by atoms with E-state index in [1.165, 1.54) is 6.42 Å². The largest absolute Gasteiger partial charge is 0.424 e. The average molecular weight is 195 g/mol. The van der Waals surface area contributed by atoms with Crippen molar-refractivity contribution >= 4 is 0 Å². The minimum absolute atomic E-state index is 0.344. The molecular formula is C10H17N3O. The molecule has 0 unspecified atom stereocenters. The molecule has 0 aliphatic carbocycles. The molecule has 1 atom stereocenters. The summed E-state index contributed by atoms with van der Waals surface area (Å²) in [5.41, 5.74) is 0. The van der Waals surface area contributed by atoms with Gasteiger partial charge in [-0.15, -0.1) is 10.2 Å². The molecule has 2 heterocycles. The van der Waals surface area contributed by atoms with E-state index in [4.69, 9.17) is 4.42 Å². The van der Waals surface area contributed by atoms with Crippen LogP contribution in [0, 0.1) is 6.92 Å². The van der Waals surface area contributed by atoms with Gasteiger partial charge in [-0.25, -0.2) is 0 Å². The van der Waals surface area contributed by atoms with E-state index in [0.29, 0.717) is 18.0 Å². The van der Waals surface area contributed by atoms with Gasteiger partial charge < -0.3 is 4.42 Å². The fourth-order valence-corrected chi connectivity index (χ4v) is 2.12. The average Bonchev–Trinajstić information content (AvgIpc) is 2.70. The van der Waals surface area contributed by atoms with Crippen LogP contribution < -0.4 is 0 Å². The van der Waals surface area contributed by atoms with Gasteiger partial charge in [0.1, 0.15) is 0 Å². The van der Waals surface area contributed by atoms with Crippen LogP contribution in [0.2, 0.25) is 0 Å². The Morgan fingerprint density at radius 3 is 2.79 bits per heavy atom. The van der Waals surface area contributed by atoms with Crippen molar-refractivity contribution in [1.29, 1.82) is 0 Å². The summed E-state index contributed by atoms with van der Waals surface area (Å²) >= 11 is 0. The van der Waals surface area contributed by atoms with E-state index in [9.17, 15) is 0 Å². The first-order chi connectivity index (χ1) is 6.68. The molecule has 1 aliphatic rings.